The fraction of sp³-hybridized carbons (Fsp3) is 0.385. The van der Waals surface area contributed by atoms with Gasteiger partial charge in [-0.15, -0.1) is 0 Å². The summed E-state index contributed by atoms with van der Waals surface area (Å²) in [6.45, 7) is 2.73. The lowest BCUT2D eigenvalue weighted by molar-refractivity contribution is -0.122. The molecule has 1 atom stereocenters. The van der Waals surface area contributed by atoms with Crippen molar-refractivity contribution < 1.29 is 9.59 Å². The molecule has 0 spiro atoms. The lowest BCUT2D eigenvalue weighted by Crippen LogP contribution is -2.38. The van der Waals surface area contributed by atoms with Gasteiger partial charge in [0.1, 0.15) is 6.54 Å². The molecule has 0 saturated carbocycles. The first kappa shape index (κ1) is 14.4. The number of carbonyl (C=O) groups is 2. The molecule has 1 aromatic rings. The third kappa shape index (κ3) is 3.98. The van der Waals surface area contributed by atoms with Crippen LogP contribution in [0.3, 0.4) is 0 Å². The second kappa shape index (κ2) is 6.43. The molecular weight excluding hydrogens is 328 g/mol. The van der Waals surface area contributed by atoms with Gasteiger partial charge in [-0.25, -0.2) is 0 Å². The molecule has 2 amide bonds. The van der Waals surface area contributed by atoms with E-state index in [4.69, 9.17) is 0 Å². The third-order valence-electron chi connectivity index (χ3n) is 2.93. The first-order chi connectivity index (χ1) is 9.06. The fourth-order valence-electron chi connectivity index (χ4n) is 1.86. The quantitative estimate of drug-likeness (QED) is 0.915. The Hall–Kier alpha value is -1.01. The molecule has 1 saturated heterocycles. The van der Waals surface area contributed by atoms with Crippen LogP contribution in [0, 0.1) is 0 Å². The minimum Gasteiger partial charge on any atom is -0.348 e. The van der Waals surface area contributed by atoms with Crippen molar-refractivity contribution in [2.24, 2.45) is 0 Å². The molecule has 0 aromatic heterocycles. The standard InChI is InChI=1S/C13H15BrN2O2S/c1-9(10-2-4-11(14)5-3-10)15-12(17)8-16-6-7-19-13(16)18/h2-5,9H,6-8H2,1H3,(H,15,17)/t9-/m0/s1. The number of hydrogen-bond donors (Lipinski definition) is 1. The summed E-state index contributed by atoms with van der Waals surface area (Å²) in [4.78, 5) is 24.9. The molecule has 1 heterocycles. The van der Waals surface area contributed by atoms with Gasteiger partial charge in [-0.05, 0) is 24.6 Å². The van der Waals surface area contributed by atoms with Crippen molar-refractivity contribution in [3.63, 3.8) is 0 Å². The zero-order valence-corrected chi connectivity index (χ0v) is 13.0. The van der Waals surface area contributed by atoms with Gasteiger partial charge in [0.05, 0.1) is 6.04 Å². The molecule has 4 nitrogen and oxygen atoms in total. The van der Waals surface area contributed by atoms with E-state index in [2.05, 4.69) is 21.2 Å². The van der Waals surface area contributed by atoms with Crippen molar-refractivity contribution in [3.8, 4) is 0 Å². The maximum atomic E-state index is 11.9. The van der Waals surface area contributed by atoms with Gasteiger partial charge in [0.2, 0.25) is 5.91 Å². The second-order valence-corrected chi connectivity index (χ2v) is 6.34. The molecule has 1 aliphatic heterocycles. The molecule has 1 fully saturated rings. The molecule has 102 valence electrons. The van der Waals surface area contributed by atoms with Crippen molar-refractivity contribution in [1.29, 1.82) is 0 Å². The van der Waals surface area contributed by atoms with E-state index in [0.717, 1.165) is 15.8 Å². The monoisotopic (exact) mass is 342 g/mol. The van der Waals surface area contributed by atoms with Crippen LogP contribution in [0.4, 0.5) is 4.79 Å². The van der Waals surface area contributed by atoms with Crippen molar-refractivity contribution in [1.82, 2.24) is 10.2 Å². The Balaban J connectivity index is 1.87. The van der Waals surface area contributed by atoms with Gasteiger partial charge in [0.15, 0.2) is 0 Å². The van der Waals surface area contributed by atoms with E-state index in [1.807, 2.05) is 31.2 Å². The number of nitrogens with one attached hydrogen (secondary N) is 1. The van der Waals surface area contributed by atoms with Gasteiger partial charge in [-0.3, -0.25) is 9.59 Å². The molecule has 0 radical (unpaired) electrons. The number of nitrogens with zero attached hydrogens (tertiary/aromatic N) is 1. The topological polar surface area (TPSA) is 49.4 Å². The SMILES string of the molecule is C[C@H](NC(=O)CN1CCSC1=O)c1ccc(Br)cc1. The average Bonchev–Trinajstić information content (AvgIpc) is 2.75. The summed E-state index contributed by atoms with van der Waals surface area (Å²) in [5, 5.41) is 2.90. The van der Waals surface area contributed by atoms with Crippen LogP contribution in [-0.2, 0) is 4.79 Å². The molecule has 6 heteroatoms. The van der Waals surface area contributed by atoms with Crippen LogP contribution in [0.5, 0.6) is 0 Å². The average molecular weight is 343 g/mol. The van der Waals surface area contributed by atoms with E-state index in [-0.39, 0.29) is 23.7 Å². The first-order valence-electron chi connectivity index (χ1n) is 6.03. The summed E-state index contributed by atoms with van der Waals surface area (Å²) in [5.41, 5.74) is 1.04. The Morgan fingerprint density at radius 3 is 2.74 bits per heavy atom. The van der Waals surface area contributed by atoms with Crippen LogP contribution in [0.1, 0.15) is 18.5 Å². The Morgan fingerprint density at radius 2 is 2.16 bits per heavy atom. The number of rotatable bonds is 4. The summed E-state index contributed by atoms with van der Waals surface area (Å²) in [5.74, 6) is 0.653. The van der Waals surface area contributed by atoms with Crippen LogP contribution in [0.15, 0.2) is 28.7 Å². The molecular formula is C13H15BrN2O2S. The summed E-state index contributed by atoms with van der Waals surface area (Å²) in [7, 11) is 0. The lowest BCUT2D eigenvalue weighted by atomic mass is 10.1. The summed E-state index contributed by atoms with van der Waals surface area (Å²) in [6, 6.07) is 7.75. The van der Waals surface area contributed by atoms with E-state index >= 15 is 0 Å². The molecule has 1 aromatic carbocycles. The number of thioether (sulfide) groups is 1. The Bertz CT molecular complexity index is 478. The maximum Gasteiger partial charge on any atom is 0.282 e. The Labute approximate surface area is 125 Å². The van der Waals surface area contributed by atoms with Crippen LogP contribution in [0.25, 0.3) is 0 Å². The van der Waals surface area contributed by atoms with Crippen molar-refractivity contribution in [2.45, 2.75) is 13.0 Å². The molecule has 0 bridgehead atoms. The molecule has 0 unspecified atom stereocenters. The predicted molar refractivity (Wildman–Crippen MR) is 80.1 cm³/mol. The van der Waals surface area contributed by atoms with Gasteiger partial charge in [0.25, 0.3) is 5.24 Å². The second-order valence-electron chi connectivity index (χ2n) is 4.38. The first-order valence-corrected chi connectivity index (χ1v) is 7.80. The highest BCUT2D eigenvalue weighted by atomic mass is 79.9. The van der Waals surface area contributed by atoms with Crippen molar-refractivity contribution in [3.05, 3.63) is 34.3 Å². The summed E-state index contributed by atoms with van der Waals surface area (Å²) >= 11 is 4.64. The Kier molecular flexibility index (Phi) is 4.87. The summed E-state index contributed by atoms with van der Waals surface area (Å²) in [6.07, 6.45) is 0. The van der Waals surface area contributed by atoms with Gasteiger partial charge in [-0.1, -0.05) is 39.8 Å². The normalized spacial score (nSPS) is 16.5. The minimum atomic E-state index is -0.119. The zero-order chi connectivity index (χ0) is 13.8. The van der Waals surface area contributed by atoms with Gasteiger partial charge in [0, 0.05) is 16.8 Å². The number of hydrogen-bond acceptors (Lipinski definition) is 3. The molecule has 19 heavy (non-hydrogen) atoms. The van der Waals surface area contributed by atoms with E-state index in [0.29, 0.717) is 6.54 Å². The van der Waals surface area contributed by atoms with E-state index in [9.17, 15) is 9.59 Å². The third-order valence-corrected chi connectivity index (χ3v) is 4.35. The molecule has 1 N–H and O–H groups in total. The highest BCUT2D eigenvalue weighted by Gasteiger charge is 2.23. The van der Waals surface area contributed by atoms with E-state index in [1.165, 1.54) is 11.8 Å². The maximum absolute atomic E-state index is 11.9. The van der Waals surface area contributed by atoms with Gasteiger partial charge in [-0.2, -0.15) is 0 Å². The van der Waals surface area contributed by atoms with Crippen LogP contribution >= 0.6 is 27.7 Å². The fourth-order valence-corrected chi connectivity index (χ4v) is 2.95. The van der Waals surface area contributed by atoms with Crippen LogP contribution < -0.4 is 5.32 Å². The molecule has 1 aliphatic rings. The number of halogens is 1. The van der Waals surface area contributed by atoms with Crippen molar-refractivity contribution in [2.75, 3.05) is 18.8 Å². The van der Waals surface area contributed by atoms with E-state index < -0.39 is 0 Å². The van der Waals surface area contributed by atoms with Crippen LogP contribution in [0.2, 0.25) is 0 Å². The highest BCUT2D eigenvalue weighted by Crippen LogP contribution is 2.18. The van der Waals surface area contributed by atoms with Crippen LogP contribution in [-0.4, -0.2) is 34.9 Å². The number of amides is 2. The Morgan fingerprint density at radius 1 is 1.47 bits per heavy atom. The highest BCUT2D eigenvalue weighted by molar-refractivity contribution is 9.10. The largest absolute Gasteiger partial charge is 0.348 e. The zero-order valence-electron chi connectivity index (χ0n) is 10.6. The number of carbonyl (C=O) groups excluding carboxylic acids is 2. The van der Waals surface area contributed by atoms with Gasteiger partial charge >= 0.3 is 0 Å². The molecule has 0 aliphatic carbocycles. The van der Waals surface area contributed by atoms with E-state index in [1.54, 1.807) is 4.90 Å². The smallest absolute Gasteiger partial charge is 0.282 e. The molecule has 2 rings (SSSR count). The van der Waals surface area contributed by atoms with Crippen molar-refractivity contribution >= 4 is 38.8 Å². The lowest BCUT2D eigenvalue weighted by Gasteiger charge is -2.18. The summed E-state index contributed by atoms with van der Waals surface area (Å²) < 4.78 is 1.01. The van der Waals surface area contributed by atoms with Gasteiger partial charge < -0.3 is 10.2 Å². The minimum absolute atomic E-state index is 0.00792. The number of benzene rings is 1. The predicted octanol–water partition coefficient (Wildman–Crippen LogP) is 2.80.